The number of likely N-dealkylation sites (N-methyl/N-ethyl adjacent to an activating group) is 1. The van der Waals surface area contributed by atoms with Gasteiger partial charge in [-0.25, -0.2) is 0 Å². The quantitative estimate of drug-likeness (QED) is 0.0721. The first-order valence-corrected chi connectivity index (χ1v) is 18.4. The van der Waals surface area contributed by atoms with E-state index in [0.717, 1.165) is 68.3 Å². The van der Waals surface area contributed by atoms with Crippen LogP contribution in [-0.2, 0) is 35.5 Å². The Morgan fingerprint density at radius 1 is 0.911 bits per heavy atom. The van der Waals surface area contributed by atoms with E-state index >= 15 is 0 Å². The summed E-state index contributed by atoms with van der Waals surface area (Å²) >= 11 is 0. The van der Waals surface area contributed by atoms with Gasteiger partial charge < -0.3 is 9.30 Å². The fourth-order valence-electron chi connectivity index (χ4n) is 7.20. The van der Waals surface area contributed by atoms with Crippen molar-refractivity contribution in [2.24, 2.45) is 5.92 Å². The Balaban J connectivity index is 1.40. The highest BCUT2D eigenvalue weighted by Gasteiger charge is 2.34. The number of aryl methyl sites for hydroxylation is 4. The molecule has 5 heteroatoms. The van der Waals surface area contributed by atoms with Gasteiger partial charge in [-0.05, 0) is 56.9 Å². The SMILES string of the molecule is CCCCCCCCC(CCCCCCCC)C(=O)OC[N+]1(C)CCc2c(c3cc(C)ccc3n2CCc2ccc(C)nc2)C1. The molecule has 2 aromatic heterocycles. The molecule has 3 aromatic rings. The Labute approximate surface area is 274 Å². The standard InChI is InChI=1S/C40H62N3O2/c1-6-8-10-12-14-16-18-35(19-17-15-13-11-9-7-2)40(44)45-31-43(5)27-25-39-37(30-43)36-28-32(3)20-23-38(36)42(39)26-24-34-22-21-33(4)41-29-34/h20-23,28-29,35H,6-19,24-27,30-31H2,1-5H3/q+1. The van der Waals surface area contributed by atoms with Crippen LogP contribution in [0, 0.1) is 19.8 Å². The van der Waals surface area contributed by atoms with E-state index in [9.17, 15) is 4.79 Å². The minimum atomic E-state index is 0.0484. The number of rotatable bonds is 20. The third-order valence-electron chi connectivity index (χ3n) is 10.1. The van der Waals surface area contributed by atoms with Crippen LogP contribution in [0.4, 0.5) is 0 Å². The van der Waals surface area contributed by atoms with E-state index in [1.807, 2.05) is 13.1 Å². The largest absolute Gasteiger partial charge is 0.415 e. The molecule has 0 aliphatic carbocycles. The molecule has 1 unspecified atom stereocenters. The van der Waals surface area contributed by atoms with E-state index < -0.39 is 0 Å². The maximum atomic E-state index is 13.6. The summed E-state index contributed by atoms with van der Waals surface area (Å²) in [5, 5.41) is 1.37. The number of ether oxygens (including phenoxy) is 1. The third-order valence-corrected chi connectivity index (χ3v) is 10.1. The zero-order valence-electron chi connectivity index (χ0n) is 29.3. The number of carbonyl (C=O) groups is 1. The summed E-state index contributed by atoms with van der Waals surface area (Å²) in [6.07, 6.45) is 21.1. The molecule has 248 valence electrons. The Morgan fingerprint density at radius 2 is 1.58 bits per heavy atom. The lowest BCUT2D eigenvalue weighted by Crippen LogP contribution is -2.49. The van der Waals surface area contributed by atoms with Crippen LogP contribution in [0.3, 0.4) is 0 Å². The number of hydrogen-bond acceptors (Lipinski definition) is 3. The van der Waals surface area contributed by atoms with Gasteiger partial charge in [-0.2, -0.15) is 0 Å². The molecule has 3 heterocycles. The molecule has 0 radical (unpaired) electrons. The van der Waals surface area contributed by atoms with Gasteiger partial charge in [-0.1, -0.05) is 109 Å². The molecule has 0 saturated carbocycles. The van der Waals surface area contributed by atoms with Crippen molar-refractivity contribution in [2.75, 3.05) is 20.3 Å². The lowest BCUT2D eigenvalue weighted by atomic mass is 9.94. The van der Waals surface area contributed by atoms with Gasteiger partial charge in [0.15, 0.2) is 0 Å². The molecule has 0 bridgehead atoms. The lowest BCUT2D eigenvalue weighted by molar-refractivity contribution is -0.940. The van der Waals surface area contributed by atoms with Gasteiger partial charge in [0.2, 0.25) is 6.73 Å². The normalized spacial score (nSPS) is 16.4. The predicted molar refractivity (Wildman–Crippen MR) is 188 cm³/mol. The number of hydrogen-bond donors (Lipinski definition) is 0. The number of aromatic nitrogens is 2. The molecule has 1 aliphatic rings. The number of nitrogens with zero attached hydrogens (tertiary/aromatic N) is 3. The van der Waals surface area contributed by atoms with Crippen LogP contribution in [-0.4, -0.2) is 40.3 Å². The number of pyridine rings is 1. The molecule has 4 rings (SSSR count). The van der Waals surface area contributed by atoms with Gasteiger partial charge in [0.1, 0.15) is 6.54 Å². The van der Waals surface area contributed by atoms with E-state index in [1.54, 1.807) is 0 Å². The van der Waals surface area contributed by atoms with Gasteiger partial charge in [0, 0.05) is 47.0 Å². The van der Waals surface area contributed by atoms with Crippen molar-refractivity contribution >= 4 is 16.9 Å². The van der Waals surface area contributed by atoms with Crippen LogP contribution in [0.1, 0.15) is 132 Å². The summed E-state index contributed by atoms with van der Waals surface area (Å²) in [5.41, 5.74) is 7.87. The van der Waals surface area contributed by atoms with Gasteiger partial charge in [-0.3, -0.25) is 14.3 Å². The minimum Gasteiger partial charge on any atom is -0.415 e. The zero-order valence-corrected chi connectivity index (χ0v) is 29.3. The van der Waals surface area contributed by atoms with Crippen molar-refractivity contribution < 1.29 is 14.0 Å². The fraction of sp³-hybridized carbons (Fsp3) is 0.650. The number of unbranched alkanes of at least 4 members (excludes halogenated alkanes) is 10. The second kappa shape index (κ2) is 17.9. The smallest absolute Gasteiger partial charge is 0.313 e. The molecular formula is C40H62N3O2+. The molecule has 5 nitrogen and oxygen atoms in total. The second-order valence-corrected chi connectivity index (χ2v) is 14.3. The topological polar surface area (TPSA) is 44.1 Å². The van der Waals surface area contributed by atoms with E-state index in [0.29, 0.717) is 6.73 Å². The number of fused-ring (bicyclic) bond motifs is 3. The van der Waals surface area contributed by atoms with E-state index in [2.05, 4.69) is 67.7 Å². The molecule has 0 fully saturated rings. The van der Waals surface area contributed by atoms with Crippen LogP contribution in [0.15, 0.2) is 36.5 Å². The van der Waals surface area contributed by atoms with Crippen LogP contribution in [0.5, 0.6) is 0 Å². The molecule has 45 heavy (non-hydrogen) atoms. The summed E-state index contributed by atoms with van der Waals surface area (Å²) in [5.74, 6) is 0.0994. The van der Waals surface area contributed by atoms with Crippen LogP contribution >= 0.6 is 0 Å². The summed E-state index contributed by atoms with van der Waals surface area (Å²) in [7, 11) is 2.28. The van der Waals surface area contributed by atoms with Crippen LogP contribution in [0.2, 0.25) is 0 Å². The van der Waals surface area contributed by atoms with Crippen molar-refractivity contribution in [3.63, 3.8) is 0 Å². The van der Waals surface area contributed by atoms with Gasteiger partial charge in [-0.15, -0.1) is 0 Å². The first-order chi connectivity index (χ1) is 21.8. The first kappa shape index (κ1) is 35.2. The van der Waals surface area contributed by atoms with Crippen molar-refractivity contribution in [3.8, 4) is 0 Å². The van der Waals surface area contributed by atoms with Crippen molar-refractivity contribution in [2.45, 2.75) is 144 Å². The summed E-state index contributed by atoms with van der Waals surface area (Å²) in [6, 6.07) is 11.2. The van der Waals surface area contributed by atoms with Gasteiger partial charge >= 0.3 is 5.97 Å². The number of quaternary nitrogens is 1. The first-order valence-electron chi connectivity index (χ1n) is 18.4. The predicted octanol–water partition coefficient (Wildman–Crippen LogP) is 10.0. The lowest BCUT2D eigenvalue weighted by Gasteiger charge is -2.37. The highest BCUT2D eigenvalue weighted by atomic mass is 16.5. The molecule has 1 atom stereocenters. The maximum absolute atomic E-state index is 13.6. The third kappa shape index (κ3) is 10.4. The van der Waals surface area contributed by atoms with Gasteiger partial charge in [0.05, 0.1) is 19.5 Å². The van der Waals surface area contributed by atoms with E-state index in [-0.39, 0.29) is 11.9 Å². The Bertz CT molecular complexity index is 1310. The Morgan fingerprint density at radius 3 is 2.22 bits per heavy atom. The molecule has 0 N–H and O–H groups in total. The number of carbonyl (C=O) groups excluding carboxylic acids is 1. The molecule has 0 amide bonds. The average Bonchev–Trinajstić information content (AvgIpc) is 3.33. The average molecular weight is 617 g/mol. The van der Waals surface area contributed by atoms with Crippen molar-refractivity contribution in [1.82, 2.24) is 9.55 Å². The van der Waals surface area contributed by atoms with Gasteiger partial charge in [0.25, 0.3) is 0 Å². The summed E-state index contributed by atoms with van der Waals surface area (Å²) in [4.78, 5) is 18.1. The Kier molecular flexibility index (Phi) is 14.0. The monoisotopic (exact) mass is 616 g/mol. The van der Waals surface area contributed by atoms with Crippen molar-refractivity contribution in [1.29, 1.82) is 0 Å². The second-order valence-electron chi connectivity index (χ2n) is 14.3. The maximum Gasteiger partial charge on any atom is 0.313 e. The molecule has 0 spiro atoms. The molecule has 0 saturated heterocycles. The molecule has 1 aromatic carbocycles. The van der Waals surface area contributed by atoms with E-state index in [4.69, 9.17) is 4.74 Å². The molecular weight excluding hydrogens is 554 g/mol. The highest BCUT2D eigenvalue weighted by Crippen LogP contribution is 2.34. The molecule has 1 aliphatic heterocycles. The Hall–Kier alpha value is -2.66. The summed E-state index contributed by atoms with van der Waals surface area (Å²) < 4.78 is 9.54. The van der Waals surface area contributed by atoms with E-state index in [1.165, 1.54) is 97.5 Å². The van der Waals surface area contributed by atoms with Crippen LogP contribution in [0.25, 0.3) is 10.9 Å². The minimum absolute atomic E-state index is 0.0484. The van der Waals surface area contributed by atoms with Crippen LogP contribution < -0.4 is 0 Å². The number of esters is 1. The highest BCUT2D eigenvalue weighted by molar-refractivity contribution is 5.86. The fourth-order valence-corrected chi connectivity index (χ4v) is 7.20. The zero-order chi connectivity index (χ0) is 32.1. The van der Waals surface area contributed by atoms with Crippen molar-refractivity contribution in [3.05, 3.63) is 64.6 Å². The summed E-state index contributed by atoms with van der Waals surface area (Å²) in [6.45, 7) is 12.1. The number of benzene rings is 1.